The van der Waals surface area contributed by atoms with Crippen molar-refractivity contribution in [3.8, 4) is 0 Å². The fourth-order valence-corrected chi connectivity index (χ4v) is 2.25. The molecule has 0 aromatic carbocycles. The lowest BCUT2D eigenvalue weighted by atomic mass is 9.93. The molecule has 0 aliphatic heterocycles. The molecule has 1 saturated carbocycles. The SMILES string of the molecule is C.CC(C)=CCCC(O)(CC(=O)O)C(=O)O.NC1CCCCC1. The summed E-state index contributed by atoms with van der Waals surface area (Å²) in [5.41, 5.74) is 4.46. The molecule has 0 saturated heterocycles. The molecule has 0 aromatic heterocycles. The zero-order valence-electron chi connectivity index (χ0n) is 13.5. The molecule has 1 unspecified atom stereocenters. The molecule has 1 fully saturated rings. The molecule has 136 valence electrons. The van der Waals surface area contributed by atoms with Crippen molar-refractivity contribution in [1.82, 2.24) is 0 Å². The number of carbonyl (C=O) groups is 2. The molecule has 0 amide bonds. The minimum absolute atomic E-state index is 0. The second kappa shape index (κ2) is 12.1. The van der Waals surface area contributed by atoms with E-state index in [-0.39, 0.29) is 13.8 Å². The molecule has 1 atom stereocenters. The van der Waals surface area contributed by atoms with Gasteiger partial charge in [0.2, 0.25) is 0 Å². The van der Waals surface area contributed by atoms with Crippen LogP contribution in [0.3, 0.4) is 0 Å². The minimum atomic E-state index is -2.17. The number of aliphatic hydroxyl groups is 1. The van der Waals surface area contributed by atoms with Crippen molar-refractivity contribution in [2.24, 2.45) is 5.73 Å². The van der Waals surface area contributed by atoms with Gasteiger partial charge in [-0.1, -0.05) is 38.3 Å². The predicted molar refractivity (Wildman–Crippen MR) is 91.3 cm³/mol. The van der Waals surface area contributed by atoms with E-state index in [9.17, 15) is 14.7 Å². The molecule has 0 radical (unpaired) electrons. The Hall–Kier alpha value is -1.40. The van der Waals surface area contributed by atoms with Gasteiger partial charge in [0.25, 0.3) is 0 Å². The standard InChI is InChI=1S/C10H16O5.C6H13N.CH4/c1-7(2)4-3-5-10(15,9(13)14)6-8(11)12;7-6-4-2-1-3-5-6;/h4,15H,3,5-6H2,1-2H3,(H,11,12)(H,13,14);6H,1-5,7H2;1H4. The van der Waals surface area contributed by atoms with Crippen molar-refractivity contribution in [3.05, 3.63) is 11.6 Å². The van der Waals surface area contributed by atoms with Crippen LogP contribution in [0.4, 0.5) is 0 Å². The van der Waals surface area contributed by atoms with Crippen LogP contribution in [0, 0.1) is 0 Å². The van der Waals surface area contributed by atoms with E-state index >= 15 is 0 Å². The van der Waals surface area contributed by atoms with E-state index in [1.54, 1.807) is 6.08 Å². The third-order valence-electron chi connectivity index (χ3n) is 3.60. The predicted octanol–water partition coefficient (Wildman–Crippen LogP) is 2.94. The van der Waals surface area contributed by atoms with Gasteiger partial charge in [-0.25, -0.2) is 4.79 Å². The van der Waals surface area contributed by atoms with Gasteiger partial charge in [0.15, 0.2) is 5.60 Å². The first-order valence-electron chi connectivity index (χ1n) is 7.74. The van der Waals surface area contributed by atoms with Gasteiger partial charge in [0, 0.05) is 6.04 Å². The number of aliphatic carboxylic acids is 2. The number of nitrogens with two attached hydrogens (primary N) is 1. The van der Waals surface area contributed by atoms with Crippen LogP contribution in [0.2, 0.25) is 0 Å². The summed E-state index contributed by atoms with van der Waals surface area (Å²) in [5.74, 6) is -2.82. The smallest absolute Gasteiger partial charge is 0.336 e. The van der Waals surface area contributed by atoms with Crippen molar-refractivity contribution in [2.45, 2.75) is 84.3 Å². The molecule has 1 aliphatic carbocycles. The molecule has 0 bridgehead atoms. The Kier molecular flexibility index (Phi) is 12.5. The zero-order chi connectivity index (χ0) is 17.2. The van der Waals surface area contributed by atoms with Crippen LogP contribution in [0.25, 0.3) is 0 Å². The van der Waals surface area contributed by atoms with E-state index in [1.165, 1.54) is 32.1 Å². The van der Waals surface area contributed by atoms with Gasteiger partial charge in [-0.15, -0.1) is 0 Å². The Balaban J connectivity index is 0. The number of allylic oxidation sites excluding steroid dienone is 2. The molecule has 1 aliphatic rings. The summed E-state index contributed by atoms with van der Waals surface area (Å²) in [6.07, 6.45) is 7.89. The molecular formula is C17H33NO5. The Morgan fingerprint density at radius 2 is 1.70 bits per heavy atom. The number of rotatable bonds is 6. The zero-order valence-corrected chi connectivity index (χ0v) is 13.5. The second-order valence-corrected chi connectivity index (χ2v) is 6.13. The van der Waals surface area contributed by atoms with Crippen LogP contribution in [0.15, 0.2) is 11.6 Å². The van der Waals surface area contributed by atoms with E-state index in [0.29, 0.717) is 12.5 Å². The summed E-state index contributed by atoms with van der Waals surface area (Å²) in [7, 11) is 0. The molecule has 0 heterocycles. The number of hydrogen-bond donors (Lipinski definition) is 4. The second-order valence-electron chi connectivity index (χ2n) is 6.13. The van der Waals surface area contributed by atoms with E-state index in [1.807, 2.05) is 13.8 Å². The summed E-state index contributed by atoms with van der Waals surface area (Å²) in [4.78, 5) is 21.1. The number of hydrogen-bond acceptors (Lipinski definition) is 4. The van der Waals surface area contributed by atoms with Crippen LogP contribution < -0.4 is 5.73 Å². The quantitative estimate of drug-likeness (QED) is 0.555. The number of carboxylic acids is 2. The molecule has 5 N–H and O–H groups in total. The third-order valence-corrected chi connectivity index (χ3v) is 3.60. The summed E-state index contributed by atoms with van der Waals surface area (Å²) < 4.78 is 0. The van der Waals surface area contributed by atoms with Crippen LogP contribution in [0.5, 0.6) is 0 Å². The molecule has 0 aromatic rings. The molecule has 23 heavy (non-hydrogen) atoms. The normalized spacial score (nSPS) is 16.9. The molecule has 6 nitrogen and oxygen atoms in total. The fourth-order valence-electron chi connectivity index (χ4n) is 2.25. The van der Waals surface area contributed by atoms with Crippen molar-refractivity contribution in [2.75, 3.05) is 0 Å². The van der Waals surface area contributed by atoms with E-state index in [2.05, 4.69) is 0 Å². The van der Waals surface area contributed by atoms with Crippen molar-refractivity contribution >= 4 is 11.9 Å². The van der Waals surface area contributed by atoms with Crippen molar-refractivity contribution in [3.63, 3.8) is 0 Å². The maximum Gasteiger partial charge on any atom is 0.336 e. The highest BCUT2D eigenvalue weighted by Crippen LogP contribution is 2.19. The lowest BCUT2D eigenvalue weighted by Crippen LogP contribution is -2.40. The first-order chi connectivity index (χ1) is 10.2. The fraction of sp³-hybridized carbons (Fsp3) is 0.765. The van der Waals surface area contributed by atoms with Gasteiger partial charge in [-0.05, 0) is 39.5 Å². The molecule has 0 spiro atoms. The summed E-state index contributed by atoms with van der Waals surface area (Å²) in [6.45, 7) is 3.69. The minimum Gasteiger partial charge on any atom is -0.481 e. The van der Waals surface area contributed by atoms with Gasteiger partial charge in [-0.3, -0.25) is 4.79 Å². The first-order valence-corrected chi connectivity index (χ1v) is 7.74. The van der Waals surface area contributed by atoms with Crippen LogP contribution in [0.1, 0.15) is 72.6 Å². The van der Waals surface area contributed by atoms with Gasteiger partial charge in [0.1, 0.15) is 0 Å². The third kappa shape index (κ3) is 11.8. The Morgan fingerprint density at radius 3 is 2.00 bits per heavy atom. The number of carboxylic acid groups (broad SMARTS) is 2. The monoisotopic (exact) mass is 331 g/mol. The van der Waals surface area contributed by atoms with Crippen LogP contribution >= 0.6 is 0 Å². The average molecular weight is 331 g/mol. The highest BCUT2D eigenvalue weighted by molar-refractivity contribution is 5.83. The van der Waals surface area contributed by atoms with Crippen LogP contribution in [-0.2, 0) is 9.59 Å². The van der Waals surface area contributed by atoms with Crippen molar-refractivity contribution in [1.29, 1.82) is 0 Å². The molecule has 1 rings (SSSR count). The Morgan fingerprint density at radius 1 is 1.17 bits per heavy atom. The topological polar surface area (TPSA) is 121 Å². The van der Waals surface area contributed by atoms with E-state index in [4.69, 9.17) is 15.9 Å². The summed E-state index contributed by atoms with van der Waals surface area (Å²) in [6, 6.07) is 0.536. The average Bonchev–Trinajstić information content (AvgIpc) is 2.38. The Labute approximate surface area is 139 Å². The van der Waals surface area contributed by atoms with E-state index in [0.717, 1.165) is 5.57 Å². The van der Waals surface area contributed by atoms with E-state index < -0.39 is 24.0 Å². The van der Waals surface area contributed by atoms with Gasteiger partial charge in [-0.2, -0.15) is 0 Å². The largest absolute Gasteiger partial charge is 0.481 e. The summed E-state index contributed by atoms with van der Waals surface area (Å²) in [5, 5.41) is 26.7. The first kappa shape index (κ1) is 23.9. The molecular weight excluding hydrogens is 298 g/mol. The highest BCUT2D eigenvalue weighted by atomic mass is 16.4. The molecule has 6 heteroatoms. The van der Waals surface area contributed by atoms with Gasteiger partial charge >= 0.3 is 11.9 Å². The van der Waals surface area contributed by atoms with Gasteiger partial charge in [0.05, 0.1) is 6.42 Å². The van der Waals surface area contributed by atoms with Crippen molar-refractivity contribution < 1.29 is 24.9 Å². The lowest BCUT2D eigenvalue weighted by Gasteiger charge is -2.20. The Bertz CT molecular complexity index is 384. The highest BCUT2D eigenvalue weighted by Gasteiger charge is 2.37. The maximum atomic E-state index is 10.7. The summed E-state index contributed by atoms with van der Waals surface area (Å²) >= 11 is 0. The van der Waals surface area contributed by atoms with Crippen LogP contribution in [-0.4, -0.2) is 38.9 Å². The lowest BCUT2D eigenvalue weighted by molar-refractivity contribution is -0.165. The van der Waals surface area contributed by atoms with Gasteiger partial charge < -0.3 is 21.1 Å². The maximum absolute atomic E-state index is 10.7.